The third-order valence-corrected chi connectivity index (χ3v) is 14.9. The van der Waals surface area contributed by atoms with Crippen LogP contribution in [0.4, 0.5) is 0 Å². The number of carbonyl (C=O) groups is 4. The van der Waals surface area contributed by atoms with Gasteiger partial charge in [0.1, 0.15) is 0 Å². The maximum atomic E-state index is 14.6. The number of rotatable bonds is 12. The zero-order valence-electron chi connectivity index (χ0n) is 23.0. The molecule has 0 unspecified atom stereocenters. The van der Waals surface area contributed by atoms with E-state index in [4.69, 9.17) is 18.9 Å². The van der Waals surface area contributed by atoms with Crippen LogP contribution in [-0.2, 0) is 0 Å². The van der Waals surface area contributed by atoms with Gasteiger partial charge in [0.15, 0.2) is 0 Å². The van der Waals surface area contributed by atoms with E-state index in [0.717, 1.165) is 0 Å². The molecule has 4 aromatic rings. The molecule has 0 saturated heterocycles. The number of hydrogen-bond donors (Lipinski definition) is 0. The average molecular weight is 613 g/mol. The molecule has 4 aromatic carbocycles. The number of benzene rings is 4. The molecule has 208 valence electrons. The zero-order chi connectivity index (χ0) is 29.6. The van der Waals surface area contributed by atoms with E-state index < -0.39 is 31.7 Å². The Kier molecular flexibility index (Phi) is 9.04. The third-order valence-electron chi connectivity index (χ3n) is 6.77. The molecule has 0 aromatic heterocycles. The topological polar surface area (TPSA) is 105 Å². The Morgan fingerprint density at radius 3 is 0.683 bits per heavy atom. The van der Waals surface area contributed by atoms with Gasteiger partial charge in [0.05, 0.1) is 0 Å². The average Bonchev–Trinajstić information content (AvgIpc) is 3.04. The van der Waals surface area contributed by atoms with E-state index in [-0.39, 0.29) is 22.3 Å². The van der Waals surface area contributed by atoms with Gasteiger partial charge in [0.2, 0.25) is 0 Å². The van der Waals surface area contributed by atoms with Gasteiger partial charge >= 0.3 is 241 Å². The maximum absolute atomic E-state index is 14.6. The van der Waals surface area contributed by atoms with Crippen LogP contribution in [0.5, 0.6) is 23.0 Å². The van der Waals surface area contributed by atoms with E-state index in [1.807, 2.05) is 0 Å². The zero-order valence-corrected chi connectivity index (χ0v) is 25.1. The molecule has 0 bridgehead atoms. The first kappa shape index (κ1) is 29.3. The normalized spacial score (nSPS) is 10.8. The molecule has 4 rings (SSSR count). The van der Waals surface area contributed by atoms with Crippen LogP contribution in [0.2, 0.25) is 0 Å². The van der Waals surface area contributed by atoms with Crippen molar-refractivity contribution in [2.75, 3.05) is 28.4 Å². The van der Waals surface area contributed by atoms with Crippen LogP contribution in [0.15, 0.2) is 97.1 Å². The first-order valence-electron chi connectivity index (χ1n) is 12.6. The van der Waals surface area contributed by atoms with Crippen LogP contribution in [-0.4, -0.2) is 60.2 Å². The number of methoxy groups -OCH3 is 4. The van der Waals surface area contributed by atoms with E-state index in [2.05, 4.69) is 0 Å². The van der Waals surface area contributed by atoms with Gasteiger partial charge in [-0.3, -0.25) is 0 Å². The minimum absolute atomic E-state index is 0.0661. The second-order valence-corrected chi connectivity index (χ2v) is 15.9. The molecule has 0 N–H and O–H groups in total. The fourth-order valence-corrected chi connectivity index (χ4v) is 12.1. The van der Waals surface area contributed by atoms with Crippen LogP contribution in [0.1, 0.15) is 41.4 Å². The SMILES string of the molecule is COc1ccc([C](=O)[Ge]([C](=O)c2ccc(OC)cc2)([C](=O)c2ccc(OC)cc2)[C](=O)c2ccc(OC)cc2)cc1. The van der Waals surface area contributed by atoms with Crippen molar-refractivity contribution in [1.29, 1.82) is 0 Å². The molecule has 0 aliphatic heterocycles. The van der Waals surface area contributed by atoms with Gasteiger partial charge in [-0.1, -0.05) is 0 Å². The summed E-state index contributed by atoms with van der Waals surface area (Å²) in [7, 11) is 5.91. The molecule has 0 radical (unpaired) electrons. The van der Waals surface area contributed by atoms with Gasteiger partial charge in [-0.25, -0.2) is 0 Å². The van der Waals surface area contributed by atoms with E-state index in [1.165, 1.54) is 77.0 Å². The molecule has 0 heterocycles. The molecule has 0 aliphatic carbocycles. The van der Waals surface area contributed by atoms with Crippen molar-refractivity contribution in [2.45, 2.75) is 0 Å². The van der Waals surface area contributed by atoms with Gasteiger partial charge < -0.3 is 0 Å². The summed E-state index contributed by atoms with van der Waals surface area (Å²) in [6.45, 7) is 0. The fourth-order valence-electron chi connectivity index (χ4n) is 4.45. The molecule has 0 spiro atoms. The Morgan fingerprint density at radius 2 is 0.537 bits per heavy atom. The first-order chi connectivity index (χ1) is 19.8. The predicted octanol–water partition coefficient (Wildman–Crippen LogP) is 5.16. The van der Waals surface area contributed by atoms with Crippen molar-refractivity contribution in [3.63, 3.8) is 0 Å². The van der Waals surface area contributed by atoms with Crippen molar-refractivity contribution in [1.82, 2.24) is 0 Å². The monoisotopic (exact) mass is 614 g/mol. The van der Waals surface area contributed by atoms with Gasteiger partial charge in [-0.05, 0) is 0 Å². The van der Waals surface area contributed by atoms with E-state index in [0.29, 0.717) is 23.0 Å². The van der Waals surface area contributed by atoms with Crippen molar-refractivity contribution in [3.05, 3.63) is 119 Å². The Labute approximate surface area is 240 Å². The molecule has 9 heteroatoms. The third kappa shape index (κ3) is 5.64. The summed E-state index contributed by atoms with van der Waals surface area (Å²) in [6.07, 6.45) is 0. The predicted molar refractivity (Wildman–Crippen MR) is 155 cm³/mol. The molecule has 8 nitrogen and oxygen atoms in total. The molecular weight excluding hydrogens is 585 g/mol. The summed E-state index contributed by atoms with van der Waals surface area (Å²) >= 11 is -5.77. The molecule has 0 saturated carbocycles. The van der Waals surface area contributed by atoms with E-state index in [1.54, 1.807) is 48.5 Å². The van der Waals surface area contributed by atoms with Gasteiger partial charge in [0.25, 0.3) is 0 Å². The Hall–Kier alpha value is -4.70. The number of hydrogen-bond acceptors (Lipinski definition) is 8. The summed E-state index contributed by atoms with van der Waals surface area (Å²) in [5.41, 5.74) is 0.264. The van der Waals surface area contributed by atoms with E-state index in [9.17, 15) is 19.2 Å². The summed E-state index contributed by atoms with van der Waals surface area (Å²) in [5, 5.41) is 0. The van der Waals surface area contributed by atoms with Crippen LogP contribution in [0.3, 0.4) is 0 Å². The Morgan fingerprint density at radius 1 is 0.366 bits per heavy atom. The summed E-state index contributed by atoms with van der Waals surface area (Å²) in [5.74, 6) is 1.90. The molecular formula is C32H28GeO8. The fraction of sp³-hybridized carbons (Fsp3) is 0.125. The minimum atomic E-state index is -5.77. The first-order valence-corrected chi connectivity index (χ1v) is 16.7. The van der Waals surface area contributed by atoms with Crippen molar-refractivity contribution in [2.24, 2.45) is 0 Å². The molecule has 41 heavy (non-hydrogen) atoms. The van der Waals surface area contributed by atoms with Crippen LogP contribution >= 0.6 is 0 Å². The number of carbonyl (C=O) groups excluding carboxylic acids is 4. The summed E-state index contributed by atoms with van der Waals surface area (Å²) in [4.78, 5) is 58.3. The van der Waals surface area contributed by atoms with Crippen LogP contribution < -0.4 is 18.9 Å². The Balaban J connectivity index is 2.02. The van der Waals surface area contributed by atoms with E-state index >= 15 is 0 Å². The summed E-state index contributed by atoms with van der Waals surface area (Å²) in [6, 6.07) is 24.1. The second kappa shape index (κ2) is 12.7. The van der Waals surface area contributed by atoms with Crippen LogP contribution in [0.25, 0.3) is 0 Å². The molecule has 0 aliphatic rings. The molecule has 0 atom stereocenters. The second-order valence-electron chi connectivity index (χ2n) is 8.98. The molecule has 0 amide bonds. The molecule has 0 fully saturated rings. The van der Waals surface area contributed by atoms with Gasteiger partial charge in [-0.2, -0.15) is 0 Å². The van der Waals surface area contributed by atoms with Crippen LogP contribution in [0, 0.1) is 0 Å². The number of ether oxygens (including phenoxy) is 4. The van der Waals surface area contributed by atoms with Crippen molar-refractivity contribution >= 4 is 31.7 Å². The standard InChI is InChI=1S/C32H28GeO8/c1-38-25-13-5-21(6-14-25)29(34)33(30(35)22-7-15-26(39-2)16-8-22,31(36)23-9-17-27(40-3)18-10-23)32(37)24-11-19-28(41-4)20-12-24/h5-20H,1-4H3. The summed E-state index contributed by atoms with van der Waals surface area (Å²) < 4.78 is 17.7. The van der Waals surface area contributed by atoms with Gasteiger partial charge in [-0.15, -0.1) is 0 Å². The van der Waals surface area contributed by atoms with Gasteiger partial charge in [0, 0.05) is 0 Å². The quantitative estimate of drug-likeness (QED) is 0.202. The Bertz CT molecular complexity index is 1320. The van der Waals surface area contributed by atoms with Crippen molar-refractivity contribution in [3.8, 4) is 23.0 Å². The van der Waals surface area contributed by atoms with Crippen molar-refractivity contribution < 1.29 is 38.1 Å².